The highest BCUT2D eigenvalue weighted by atomic mass is 16.6. The number of carbonyl (C=O) groups excluding carboxylic acids is 2. The normalized spacial score (nSPS) is 56.0. The van der Waals surface area contributed by atoms with E-state index >= 15 is 0 Å². The van der Waals surface area contributed by atoms with Gasteiger partial charge in [0.25, 0.3) is 0 Å². The summed E-state index contributed by atoms with van der Waals surface area (Å²) in [5, 5.41) is 11.0. The van der Waals surface area contributed by atoms with Crippen molar-refractivity contribution in [1.82, 2.24) is 0 Å². The van der Waals surface area contributed by atoms with Crippen LogP contribution in [0.2, 0.25) is 0 Å². The molecule has 5 heteroatoms. The summed E-state index contributed by atoms with van der Waals surface area (Å²) in [6, 6.07) is 0. The van der Waals surface area contributed by atoms with Gasteiger partial charge in [-0.1, -0.05) is 18.6 Å². The number of aliphatic hydroxyl groups excluding tert-OH is 1. The molecule has 2 heterocycles. The molecule has 2 aliphatic heterocycles. The number of carbonyl (C=O) groups is 2. The van der Waals surface area contributed by atoms with Crippen molar-refractivity contribution in [2.75, 3.05) is 6.61 Å². The molecule has 1 saturated carbocycles. The van der Waals surface area contributed by atoms with Gasteiger partial charge in [-0.3, -0.25) is 9.59 Å². The maximum absolute atomic E-state index is 12.3. The molecule has 5 atom stereocenters. The zero-order chi connectivity index (χ0) is 14.6. The van der Waals surface area contributed by atoms with Gasteiger partial charge in [0.05, 0.1) is 23.4 Å². The van der Waals surface area contributed by atoms with Gasteiger partial charge in [0.1, 0.15) is 17.6 Å². The van der Waals surface area contributed by atoms with Crippen LogP contribution in [0.25, 0.3) is 0 Å². The number of rotatable bonds is 0. The van der Waals surface area contributed by atoms with E-state index in [-0.39, 0.29) is 25.0 Å². The molecule has 0 radical (unpaired) electrons. The molecule has 4 rings (SSSR count). The Balaban J connectivity index is 2.05. The van der Waals surface area contributed by atoms with Gasteiger partial charge in [-0.25, -0.2) is 0 Å². The molecule has 4 unspecified atom stereocenters. The predicted molar refractivity (Wildman–Crippen MR) is 67.4 cm³/mol. The third kappa shape index (κ3) is 0.793. The molecule has 0 bridgehead atoms. The number of hydrogen-bond donors (Lipinski definition) is 1. The minimum atomic E-state index is -1.02. The van der Waals surface area contributed by atoms with Gasteiger partial charge in [0.2, 0.25) is 0 Å². The highest BCUT2D eigenvalue weighted by Crippen LogP contribution is 2.78. The molecule has 0 amide bonds. The predicted octanol–water partition coefficient (Wildman–Crippen LogP) is 0.952. The first-order valence-electron chi connectivity index (χ1n) is 7.01. The monoisotopic (exact) mass is 278 g/mol. The molecular formula is C15H18O5. The van der Waals surface area contributed by atoms with Crippen LogP contribution in [0.15, 0.2) is 11.6 Å². The van der Waals surface area contributed by atoms with Crippen molar-refractivity contribution in [3.8, 4) is 0 Å². The molecule has 0 aromatic rings. The van der Waals surface area contributed by atoms with E-state index in [0.29, 0.717) is 6.42 Å². The second-order valence-corrected chi connectivity index (χ2v) is 7.05. The van der Waals surface area contributed by atoms with Crippen LogP contribution in [0.5, 0.6) is 0 Å². The lowest BCUT2D eigenvalue weighted by molar-refractivity contribution is -0.165. The maximum atomic E-state index is 12.3. The summed E-state index contributed by atoms with van der Waals surface area (Å²) < 4.78 is 11.0. The molecular weight excluding hydrogens is 260 g/mol. The summed E-state index contributed by atoms with van der Waals surface area (Å²) in [5.74, 6) is -0.675. The van der Waals surface area contributed by atoms with E-state index in [1.807, 2.05) is 19.9 Å². The van der Waals surface area contributed by atoms with E-state index in [2.05, 4.69) is 0 Å². The molecule has 20 heavy (non-hydrogen) atoms. The number of fused-ring (bicyclic) bond motifs is 1. The lowest BCUT2D eigenvalue weighted by atomic mass is 9.62. The van der Waals surface area contributed by atoms with Gasteiger partial charge >= 0.3 is 11.9 Å². The average Bonchev–Trinajstić information content (AvgIpc) is 2.97. The van der Waals surface area contributed by atoms with E-state index < -0.39 is 27.9 Å². The van der Waals surface area contributed by atoms with E-state index in [4.69, 9.17) is 9.47 Å². The minimum Gasteiger partial charge on any atom is -0.464 e. The average molecular weight is 278 g/mol. The SMILES string of the molecule is CC1=CCC23OC(=O)CC12[C@@H](O)C1(C)C(=O)OCC13C. The highest BCUT2D eigenvalue weighted by molar-refractivity contribution is 5.86. The van der Waals surface area contributed by atoms with Crippen LogP contribution in [-0.4, -0.2) is 35.4 Å². The first-order valence-corrected chi connectivity index (χ1v) is 7.01. The molecule has 5 nitrogen and oxygen atoms in total. The summed E-state index contributed by atoms with van der Waals surface area (Å²) in [4.78, 5) is 24.3. The van der Waals surface area contributed by atoms with Crippen LogP contribution in [0.3, 0.4) is 0 Å². The van der Waals surface area contributed by atoms with Crippen LogP contribution < -0.4 is 0 Å². The largest absolute Gasteiger partial charge is 0.464 e. The Hall–Kier alpha value is -1.36. The second kappa shape index (κ2) is 2.96. The Morgan fingerprint density at radius 2 is 2.05 bits per heavy atom. The molecule has 108 valence electrons. The van der Waals surface area contributed by atoms with E-state index in [1.54, 1.807) is 6.92 Å². The Morgan fingerprint density at radius 3 is 2.75 bits per heavy atom. The van der Waals surface area contributed by atoms with Crippen LogP contribution in [0, 0.1) is 16.2 Å². The van der Waals surface area contributed by atoms with Crippen LogP contribution in [-0.2, 0) is 19.1 Å². The number of esters is 2. The van der Waals surface area contributed by atoms with Gasteiger partial charge in [-0.05, 0) is 13.8 Å². The Kier molecular flexibility index (Phi) is 1.83. The fourth-order valence-electron chi connectivity index (χ4n) is 5.39. The summed E-state index contributed by atoms with van der Waals surface area (Å²) >= 11 is 0. The van der Waals surface area contributed by atoms with Crippen LogP contribution in [0.1, 0.15) is 33.6 Å². The van der Waals surface area contributed by atoms with Crippen molar-refractivity contribution in [3.63, 3.8) is 0 Å². The minimum absolute atomic E-state index is 0.148. The van der Waals surface area contributed by atoms with E-state index in [9.17, 15) is 14.7 Å². The number of aliphatic hydroxyl groups is 1. The highest BCUT2D eigenvalue weighted by Gasteiger charge is 2.88. The number of hydrogen-bond acceptors (Lipinski definition) is 5. The van der Waals surface area contributed by atoms with Gasteiger partial charge in [0.15, 0.2) is 0 Å². The molecule has 0 spiro atoms. The van der Waals surface area contributed by atoms with Gasteiger partial charge in [0, 0.05) is 6.42 Å². The van der Waals surface area contributed by atoms with Crippen molar-refractivity contribution in [3.05, 3.63) is 11.6 Å². The molecule has 3 fully saturated rings. The molecule has 0 aromatic heterocycles. The molecule has 0 aromatic carbocycles. The Labute approximate surface area is 116 Å². The van der Waals surface area contributed by atoms with Gasteiger partial charge < -0.3 is 14.6 Å². The number of ether oxygens (including phenoxy) is 2. The topological polar surface area (TPSA) is 72.8 Å². The van der Waals surface area contributed by atoms with Crippen molar-refractivity contribution in [1.29, 1.82) is 0 Å². The lowest BCUT2D eigenvalue weighted by Crippen LogP contribution is -2.52. The maximum Gasteiger partial charge on any atom is 0.315 e. The Bertz CT molecular complexity index is 595. The first-order chi connectivity index (χ1) is 9.26. The molecule has 4 aliphatic rings. The molecule has 2 saturated heterocycles. The summed E-state index contributed by atoms with van der Waals surface area (Å²) in [5.41, 5.74) is -2.38. The molecule has 2 aliphatic carbocycles. The Morgan fingerprint density at radius 1 is 1.35 bits per heavy atom. The molecule has 1 N–H and O–H groups in total. The second-order valence-electron chi connectivity index (χ2n) is 7.05. The third-order valence-corrected chi connectivity index (χ3v) is 6.80. The lowest BCUT2D eigenvalue weighted by Gasteiger charge is -2.43. The zero-order valence-electron chi connectivity index (χ0n) is 11.9. The fourth-order valence-corrected chi connectivity index (χ4v) is 5.39. The summed E-state index contributed by atoms with van der Waals surface area (Å²) in [6.45, 7) is 5.77. The third-order valence-electron chi connectivity index (χ3n) is 6.80. The van der Waals surface area contributed by atoms with Crippen LogP contribution in [0.4, 0.5) is 0 Å². The van der Waals surface area contributed by atoms with Crippen LogP contribution >= 0.6 is 0 Å². The van der Waals surface area contributed by atoms with Crippen molar-refractivity contribution < 1.29 is 24.2 Å². The van der Waals surface area contributed by atoms with Crippen molar-refractivity contribution in [2.45, 2.75) is 45.3 Å². The van der Waals surface area contributed by atoms with Crippen molar-refractivity contribution in [2.24, 2.45) is 16.2 Å². The van der Waals surface area contributed by atoms with E-state index in [1.165, 1.54) is 0 Å². The summed E-state index contributed by atoms with van der Waals surface area (Å²) in [7, 11) is 0. The standard InChI is InChI=1S/C15H18O5/c1-8-4-5-15-12(2)7-19-11(18)13(12,3)10(17)14(8,15)6-9(16)20-15/h4,10,17H,5-7H2,1-3H3/t10-,12?,13?,14?,15?/m0/s1. The quantitative estimate of drug-likeness (QED) is 0.527. The smallest absolute Gasteiger partial charge is 0.315 e. The first kappa shape index (κ1) is 12.4. The van der Waals surface area contributed by atoms with E-state index in [0.717, 1.165) is 5.57 Å². The van der Waals surface area contributed by atoms with Gasteiger partial charge in [-0.15, -0.1) is 0 Å². The zero-order valence-corrected chi connectivity index (χ0v) is 11.9. The fraction of sp³-hybridized carbons (Fsp3) is 0.733. The van der Waals surface area contributed by atoms with Gasteiger partial charge in [-0.2, -0.15) is 0 Å². The number of cyclic esters (lactones) is 1. The van der Waals surface area contributed by atoms with Crippen molar-refractivity contribution >= 4 is 11.9 Å². The summed E-state index contributed by atoms with van der Waals surface area (Å²) in [6.07, 6.45) is 1.77.